The van der Waals surface area contributed by atoms with Gasteiger partial charge >= 0.3 is 5.97 Å². The Kier molecular flexibility index (Phi) is 7.78. The number of halogens is 1. The third-order valence-corrected chi connectivity index (χ3v) is 7.09. The second-order valence-corrected chi connectivity index (χ2v) is 9.96. The number of dihydropyridines is 1. The van der Waals surface area contributed by atoms with Crippen LogP contribution in [0.1, 0.15) is 56.6 Å². The third-order valence-electron chi connectivity index (χ3n) is 6.77. The van der Waals surface area contributed by atoms with Crippen LogP contribution in [-0.4, -0.2) is 37.0 Å². The average molecular weight is 541 g/mol. The summed E-state index contributed by atoms with van der Waals surface area (Å²) in [4.78, 5) is 38.1. The number of nitro groups is 1. The number of ether oxygens (including phenoxy) is 3. The lowest BCUT2D eigenvalue weighted by molar-refractivity contribution is -0.384. The number of Topliss-reactive ketones (excluding diaryl/α,β-unsaturated/α-hetero) is 1. The van der Waals surface area contributed by atoms with E-state index in [9.17, 15) is 19.7 Å². The van der Waals surface area contributed by atoms with Gasteiger partial charge in [-0.25, -0.2) is 4.79 Å². The molecule has 2 aromatic rings. The van der Waals surface area contributed by atoms with Crippen molar-refractivity contribution in [1.29, 1.82) is 0 Å². The standard InChI is InChI=1S/C28H29ClN2O7/c1-14(2)38-28(33)25-15(3)30-20-10-18(16-7-9-23(36-4)24(13-16)37-5)12-22(32)27(20)26(25)17-6-8-19(29)21(11-17)31(34)35/h6-9,11,13-14,18,26,30H,10,12H2,1-5H3/t18-,26-/m0/s1. The summed E-state index contributed by atoms with van der Waals surface area (Å²) in [5, 5.41) is 14.9. The fourth-order valence-electron chi connectivity index (χ4n) is 5.11. The number of nitrogens with zero attached hydrogens (tertiary/aromatic N) is 1. The second kappa shape index (κ2) is 10.9. The van der Waals surface area contributed by atoms with Gasteiger partial charge in [-0.3, -0.25) is 14.9 Å². The van der Waals surface area contributed by atoms with Crippen LogP contribution in [0, 0.1) is 10.1 Å². The molecular weight excluding hydrogens is 512 g/mol. The molecule has 2 aliphatic rings. The van der Waals surface area contributed by atoms with Crippen molar-refractivity contribution in [2.75, 3.05) is 14.2 Å². The molecule has 38 heavy (non-hydrogen) atoms. The highest BCUT2D eigenvalue weighted by atomic mass is 35.5. The van der Waals surface area contributed by atoms with Gasteiger partial charge in [-0.1, -0.05) is 23.7 Å². The number of ketones is 1. The van der Waals surface area contributed by atoms with Crippen molar-refractivity contribution in [2.24, 2.45) is 0 Å². The Labute approximate surface area is 225 Å². The van der Waals surface area contributed by atoms with Gasteiger partial charge in [0.25, 0.3) is 5.69 Å². The van der Waals surface area contributed by atoms with Crippen LogP contribution >= 0.6 is 11.6 Å². The molecule has 4 rings (SSSR count). The number of hydrogen-bond acceptors (Lipinski definition) is 8. The smallest absolute Gasteiger partial charge is 0.337 e. The molecule has 1 heterocycles. The van der Waals surface area contributed by atoms with Crippen LogP contribution < -0.4 is 14.8 Å². The van der Waals surface area contributed by atoms with Gasteiger partial charge in [-0.05, 0) is 62.4 Å². The van der Waals surface area contributed by atoms with Crippen LogP contribution in [0.5, 0.6) is 11.5 Å². The number of nitro benzene ring substituents is 1. The summed E-state index contributed by atoms with van der Waals surface area (Å²) in [5.74, 6) is -0.587. The van der Waals surface area contributed by atoms with E-state index in [1.807, 2.05) is 12.1 Å². The van der Waals surface area contributed by atoms with E-state index < -0.39 is 22.9 Å². The summed E-state index contributed by atoms with van der Waals surface area (Å²) < 4.78 is 16.3. The molecule has 0 bridgehead atoms. The van der Waals surface area contributed by atoms with E-state index in [2.05, 4.69) is 5.32 Å². The number of allylic oxidation sites excluding steroid dienone is 3. The van der Waals surface area contributed by atoms with E-state index >= 15 is 0 Å². The summed E-state index contributed by atoms with van der Waals surface area (Å²) in [5.41, 5.74) is 2.87. The molecule has 0 fully saturated rings. The van der Waals surface area contributed by atoms with Gasteiger partial charge < -0.3 is 19.5 Å². The molecule has 2 atom stereocenters. The Balaban J connectivity index is 1.82. The van der Waals surface area contributed by atoms with Gasteiger partial charge in [0.15, 0.2) is 17.3 Å². The Morgan fingerprint density at radius 3 is 2.39 bits per heavy atom. The zero-order valence-corrected chi connectivity index (χ0v) is 22.5. The highest BCUT2D eigenvalue weighted by Gasteiger charge is 2.42. The quantitative estimate of drug-likeness (QED) is 0.275. The Bertz CT molecular complexity index is 1380. The van der Waals surface area contributed by atoms with Crippen molar-refractivity contribution in [3.05, 3.63) is 85.2 Å². The zero-order chi connectivity index (χ0) is 27.7. The van der Waals surface area contributed by atoms with Crippen LogP contribution in [0.2, 0.25) is 5.02 Å². The predicted octanol–water partition coefficient (Wildman–Crippen LogP) is 5.58. The zero-order valence-electron chi connectivity index (χ0n) is 21.8. The van der Waals surface area contributed by atoms with Crippen LogP contribution in [0.15, 0.2) is 58.9 Å². The van der Waals surface area contributed by atoms with Crippen molar-refractivity contribution in [1.82, 2.24) is 5.32 Å². The van der Waals surface area contributed by atoms with Gasteiger partial charge in [0.1, 0.15) is 5.02 Å². The first-order chi connectivity index (χ1) is 18.0. The molecule has 0 unspecified atom stereocenters. The number of hydrogen-bond donors (Lipinski definition) is 1. The average Bonchev–Trinajstić information content (AvgIpc) is 2.86. The molecule has 1 aliphatic carbocycles. The summed E-state index contributed by atoms with van der Waals surface area (Å²) in [6.45, 7) is 5.20. The topological polar surface area (TPSA) is 117 Å². The first-order valence-corrected chi connectivity index (χ1v) is 12.5. The number of benzene rings is 2. The largest absolute Gasteiger partial charge is 0.493 e. The SMILES string of the molecule is COc1ccc([C@@H]2CC(=O)C3=C(C2)NC(C)=C(C(=O)OC(C)C)[C@@H]3c2ccc(Cl)c([N+](=O)[O-])c2)cc1OC. The molecule has 1 aliphatic heterocycles. The fourth-order valence-corrected chi connectivity index (χ4v) is 5.30. The number of nitrogens with one attached hydrogen (secondary N) is 1. The minimum atomic E-state index is -0.840. The van der Waals surface area contributed by atoms with E-state index in [4.69, 9.17) is 25.8 Å². The molecule has 9 nitrogen and oxygen atoms in total. The van der Waals surface area contributed by atoms with Crippen LogP contribution in [-0.2, 0) is 14.3 Å². The first kappa shape index (κ1) is 27.2. The van der Waals surface area contributed by atoms with Gasteiger partial charge in [0, 0.05) is 35.4 Å². The normalized spacial score (nSPS) is 19.2. The summed E-state index contributed by atoms with van der Waals surface area (Å²) >= 11 is 6.07. The molecule has 10 heteroatoms. The first-order valence-electron chi connectivity index (χ1n) is 12.2. The number of carbonyl (C=O) groups excluding carboxylic acids is 2. The van der Waals surface area contributed by atoms with Crippen molar-refractivity contribution in [3.8, 4) is 11.5 Å². The highest BCUT2D eigenvalue weighted by Crippen LogP contribution is 2.47. The molecule has 0 saturated heterocycles. The number of esters is 1. The minimum Gasteiger partial charge on any atom is -0.493 e. The summed E-state index contributed by atoms with van der Waals surface area (Å²) in [7, 11) is 3.11. The summed E-state index contributed by atoms with van der Waals surface area (Å²) in [6.07, 6.45) is 0.287. The van der Waals surface area contributed by atoms with Crippen LogP contribution in [0.25, 0.3) is 0 Å². The van der Waals surface area contributed by atoms with Gasteiger partial charge in [-0.15, -0.1) is 0 Å². The second-order valence-electron chi connectivity index (χ2n) is 9.55. The molecule has 1 N–H and O–H groups in total. The van der Waals surface area contributed by atoms with E-state index in [1.165, 1.54) is 12.1 Å². The van der Waals surface area contributed by atoms with Crippen molar-refractivity contribution < 1.29 is 28.7 Å². The molecule has 0 radical (unpaired) electrons. The number of carbonyl (C=O) groups is 2. The van der Waals surface area contributed by atoms with Crippen molar-refractivity contribution in [3.63, 3.8) is 0 Å². The Morgan fingerprint density at radius 1 is 1.08 bits per heavy atom. The van der Waals surface area contributed by atoms with E-state index in [1.54, 1.807) is 47.1 Å². The highest BCUT2D eigenvalue weighted by molar-refractivity contribution is 6.32. The molecule has 0 amide bonds. The monoisotopic (exact) mass is 540 g/mol. The molecule has 2 aromatic carbocycles. The van der Waals surface area contributed by atoms with Gasteiger partial charge in [0.2, 0.25) is 0 Å². The molecule has 0 spiro atoms. The molecule has 0 aromatic heterocycles. The maximum Gasteiger partial charge on any atom is 0.337 e. The van der Waals surface area contributed by atoms with E-state index in [-0.39, 0.29) is 34.4 Å². The Morgan fingerprint density at radius 2 is 1.76 bits per heavy atom. The fraction of sp³-hybridized carbons (Fsp3) is 0.357. The van der Waals surface area contributed by atoms with Crippen molar-refractivity contribution >= 4 is 29.0 Å². The van der Waals surface area contributed by atoms with Gasteiger partial charge in [0.05, 0.1) is 30.8 Å². The number of rotatable bonds is 7. The van der Waals surface area contributed by atoms with Crippen LogP contribution in [0.3, 0.4) is 0 Å². The number of methoxy groups -OCH3 is 2. The van der Waals surface area contributed by atoms with Crippen LogP contribution in [0.4, 0.5) is 5.69 Å². The molecule has 0 saturated carbocycles. The Hall–Kier alpha value is -3.85. The predicted molar refractivity (Wildman–Crippen MR) is 141 cm³/mol. The van der Waals surface area contributed by atoms with E-state index in [0.29, 0.717) is 40.5 Å². The maximum absolute atomic E-state index is 13.8. The lowest BCUT2D eigenvalue weighted by atomic mass is 9.71. The van der Waals surface area contributed by atoms with Crippen molar-refractivity contribution in [2.45, 2.75) is 51.6 Å². The van der Waals surface area contributed by atoms with E-state index in [0.717, 1.165) is 5.56 Å². The summed E-state index contributed by atoms with van der Waals surface area (Å²) in [6, 6.07) is 9.92. The van der Waals surface area contributed by atoms with Gasteiger partial charge in [-0.2, -0.15) is 0 Å². The maximum atomic E-state index is 13.8. The third kappa shape index (κ3) is 5.11. The lowest BCUT2D eigenvalue weighted by Crippen LogP contribution is -2.36. The lowest BCUT2D eigenvalue weighted by Gasteiger charge is -2.37. The minimum absolute atomic E-state index is 0.0302. The molecule has 200 valence electrons. The molecular formula is C28H29ClN2O7.